The molecule has 2 aromatic heterocycles. The maximum absolute atomic E-state index is 11.1. The van der Waals surface area contributed by atoms with Gasteiger partial charge >= 0.3 is 0 Å². The maximum Gasteiger partial charge on any atom is 0.230 e. The number of hydrogen-bond acceptors (Lipinski definition) is 5. The van der Waals surface area contributed by atoms with E-state index < -0.39 is 0 Å². The number of thioether (sulfide) groups is 1. The minimum Gasteiger partial charge on any atom is -0.358 e. The molecule has 7 heteroatoms. The van der Waals surface area contributed by atoms with Gasteiger partial charge in [0.2, 0.25) is 5.91 Å². The molecule has 2 heterocycles. The van der Waals surface area contributed by atoms with Gasteiger partial charge in [-0.25, -0.2) is 0 Å². The zero-order valence-corrected chi connectivity index (χ0v) is 11.1. The highest BCUT2D eigenvalue weighted by molar-refractivity contribution is 7.99. The van der Waals surface area contributed by atoms with Crippen molar-refractivity contribution in [2.24, 2.45) is 7.05 Å². The first-order chi connectivity index (χ1) is 8.22. The Hall–Kier alpha value is -1.34. The van der Waals surface area contributed by atoms with Crippen LogP contribution in [0.25, 0.3) is 10.7 Å². The van der Waals surface area contributed by atoms with E-state index in [-0.39, 0.29) is 5.91 Å². The summed E-state index contributed by atoms with van der Waals surface area (Å²) in [5.41, 5.74) is 0. The minimum absolute atomic E-state index is 0.0179. The molecule has 5 nitrogen and oxygen atoms in total. The molecule has 0 spiro atoms. The lowest BCUT2D eigenvalue weighted by Crippen LogP contribution is -2.20. The molecule has 1 N–H and O–H groups in total. The second kappa shape index (κ2) is 5.33. The third-order valence-corrected chi connectivity index (χ3v) is 4.07. The third kappa shape index (κ3) is 2.67. The standard InChI is InChI=1S/C10H12N4OS2/c1-11-8(15)6-17-10-13-12-9(14(10)2)7-4-3-5-16-7/h3-5H,6H2,1-2H3,(H,11,15). The second-order valence-electron chi connectivity index (χ2n) is 3.30. The maximum atomic E-state index is 11.1. The molecule has 0 fully saturated rings. The molecule has 90 valence electrons. The van der Waals surface area contributed by atoms with Crippen molar-refractivity contribution in [1.82, 2.24) is 20.1 Å². The van der Waals surface area contributed by atoms with Crippen molar-refractivity contribution in [3.63, 3.8) is 0 Å². The van der Waals surface area contributed by atoms with E-state index in [2.05, 4.69) is 15.5 Å². The SMILES string of the molecule is CNC(=O)CSc1nnc(-c2cccs2)n1C. The van der Waals surface area contributed by atoms with Crippen molar-refractivity contribution >= 4 is 29.0 Å². The lowest BCUT2D eigenvalue weighted by atomic mass is 10.4. The fourth-order valence-corrected chi connectivity index (χ4v) is 2.79. The van der Waals surface area contributed by atoms with Crippen LogP contribution in [0.5, 0.6) is 0 Å². The zero-order valence-electron chi connectivity index (χ0n) is 9.51. The van der Waals surface area contributed by atoms with Crippen LogP contribution < -0.4 is 5.32 Å². The van der Waals surface area contributed by atoms with Crippen molar-refractivity contribution in [2.75, 3.05) is 12.8 Å². The lowest BCUT2D eigenvalue weighted by Gasteiger charge is -2.01. The molecule has 2 aromatic rings. The monoisotopic (exact) mass is 268 g/mol. The Balaban J connectivity index is 2.13. The highest BCUT2D eigenvalue weighted by atomic mass is 32.2. The van der Waals surface area contributed by atoms with Crippen LogP contribution in [0.4, 0.5) is 0 Å². The zero-order chi connectivity index (χ0) is 12.3. The minimum atomic E-state index is -0.0179. The summed E-state index contributed by atoms with van der Waals surface area (Å²) >= 11 is 3.00. The number of carbonyl (C=O) groups excluding carboxylic acids is 1. The van der Waals surface area contributed by atoms with Crippen molar-refractivity contribution in [3.05, 3.63) is 17.5 Å². The van der Waals surface area contributed by atoms with Gasteiger partial charge in [0.25, 0.3) is 0 Å². The van der Waals surface area contributed by atoms with Gasteiger partial charge < -0.3 is 9.88 Å². The van der Waals surface area contributed by atoms with Crippen LogP contribution >= 0.6 is 23.1 Å². The first-order valence-corrected chi connectivity index (χ1v) is 6.85. The quantitative estimate of drug-likeness (QED) is 0.851. The van der Waals surface area contributed by atoms with Crippen molar-refractivity contribution in [1.29, 1.82) is 0 Å². The van der Waals surface area contributed by atoms with Crippen molar-refractivity contribution < 1.29 is 4.79 Å². The highest BCUT2D eigenvalue weighted by Crippen LogP contribution is 2.25. The van der Waals surface area contributed by atoms with E-state index in [1.807, 2.05) is 29.1 Å². The summed E-state index contributed by atoms with van der Waals surface area (Å²) < 4.78 is 1.90. The summed E-state index contributed by atoms with van der Waals surface area (Å²) in [6.07, 6.45) is 0. The number of thiophene rings is 1. The molecule has 0 aliphatic rings. The number of aromatic nitrogens is 3. The molecular weight excluding hydrogens is 256 g/mol. The van der Waals surface area contributed by atoms with Crippen LogP contribution in [-0.4, -0.2) is 33.5 Å². The summed E-state index contributed by atoms with van der Waals surface area (Å²) in [5, 5.41) is 13.5. The van der Waals surface area contributed by atoms with E-state index in [1.165, 1.54) is 11.8 Å². The molecule has 0 aromatic carbocycles. The number of nitrogens with one attached hydrogen (secondary N) is 1. The molecule has 0 saturated carbocycles. The lowest BCUT2D eigenvalue weighted by molar-refractivity contribution is -0.118. The summed E-state index contributed by atoms with van der Waals surface area (Å²) in [7, 11) is 3.53. The molecule has 0 radical (unpaired) electrons. The second-order valence-corrected chi connectivity index (χ2v) is 5.19. The predicted molar refractivity (Wildman–Crippen MR) is 69.1 cm³/mol. The molecule has 2 rings (SSSR count). The molecule has 0 aliphatic heterocycles. The van der Waals surface area contributed by atoms with Crippen LogP contribution in [0.3, 0.4) is 0 Å². The van der Waals surface area contributed by atoms with Crippen molar-refractivity contribution in [2.45, 2.75) is 5.16 Å². The van der Waals surface area contributed by atoms with Gasteiger partial charge in [0.15, 0.2) is 11.0 Å². The molecule has 0 bridgehead atoms. The van der Waals surface area contributed by atoms with Crippen molar-refractivity contribution in [3.8, 4) is 10.7 Å². The molecular formula is C10H12N4OS2. The number of carbonyl (C=O) groups is 1. The Morgan fingerprint density at radius 2 is 2.41 bits per heavy atom. The number of amides is 1. The number of nitrogens with zero attached hydrogens (tertiary/aromatic N) is 3. The van der Waals surface area contributed by atoms with Gasteiger partial charge in [-0.1, -0.05) is 17.8 Å². The summed E-state index contributed by atoms with van der Waals surface area (Å²) in [5.74, 6) is 1.17. The van der Waals surface area contributed by atoms with Crippen LogP contribution in [0.15, 0.2) is 22.7 Å². The largest absolute Gasteiger partial charge is 0.358 e. The number of hydrogen-bond donors (Lipinski definition) is 1. The number of rotatable bonds is 4. The first kappa shape index (κ1) is 12.1. The van der Waals surface area contributed by atoms with Gasteiger partial charge in [-0.3, -0.25) is 4.79 Å². The molecule has 0 atom stereocenters. The normalized spacial score (nSPS) is 10.5. The predicted octanol–water partition coefficient (Wildman–Crippen LogP) is 1.38. The molecule has 0 saturated heterocycles. The Bertz CT molecular complexity index is 506. The third-order valence-electron chi connectivity index (χ3n) is 2.19. The molecule has 17 heavy (non-hydrogen) atoms. The summed E-state index contributed by atoms with van der Waals surface area (Å²) in [6.45, 7) is 0. The van der Waals surface area contributed by atoms with Gasteiger partial charge in [-0.05, 0) is 11.4 Å². The Labute approximate surface area is 107 Å². The van der Waals surface area contributed by atoms with Crippen LogP contribution in [0.1, 0.15) is 0 Å². The van der Waals surface area contributed by atoms with E-state index in [4.69, 9.17) is 0 Å². The fourth-order valence-electron chi connectivity index (χ4n) is 1.26. The van der Waals surface area contributed by atoms with Gasteiger partial charge in [-0.15, -0.1) is 21.5 Å². The van der Waals surface area contributed by atoms with E-state index in [0.29, 0.717) is 5.75 Å². The van der Waals surface area contributed by atoms with E-state index in [0.717, 1.165) is 15.9 Å². The average molecular weight is 268 g/mol. The summed E-state index contributed by atoms with van der Waals surface area (Å²) in [6, 6.07) is 3.98. The van der Waals surface area contributed by atoms with E-state index in [9.17, 15) is 4.79 Å². The van der Waals surface area contributed by atoms with Gasteiger partial charge in [0.05, 0.1) is 10.6 Å². The van der Waals surface area contributed by atoms with E-state index in [1.54, 1.807) is 18.4 Å². The summed E-state index contributed by atoms with van der Waals surface area (Å²) in [4.78, 5) is 12.2. The van der Waals surface area contributed by atoms with Crippen LogP contribution in [0.2, 0.25) is 0 Å². The Morgan fingerprint density at radius 3 is 3.06 bits per heavy atom. The average Bonchev–Trinajstić information content (AvgIpc) is 2.95. The molecule has 1 amide bonds. The fraction of sp³-hybridized carbons (Fsp3) is 0.300. The van der Waals surface area contributed by atoms with Crippen LogP contribution in [-0.2, 0) is 11.8 Å². The Kier molecular flexibility index (Phi) is 3.80. The first-order valence-electron chi connectivity index (χ1n) is 4.99. The van der Waals surface area contributed by atoms with Gasteiger partial charge in [0, 0.05) is 14.1 Å². The Morgan fingerprint density at radius 1 is 1.59 bits per heavy atom. The molecule has 0 aliphatic carbocycles. The highest BCUT2D eigenvalue weighted by Gasteiger charge is 2.12. The molecule has 0 unspecified atom stereocenters. The smallest absolute Gasteiger partial charge is 0.230 e. The van der Waals surface area contributed by atoms with Gasteiger partial charge in [-0.2, -0.15) is 0 Å². The topological polar surface area (TPSA) is 59.8 Å². The van der Waals surface area contributed by atoms with Gasteiger partial charge in [0.1, 0.15) is 0 Å². The van der Waals surface area contributed by atoms with Crippen LogP contribution in [0, 0.1) is 0 Å². The van der Waals surface area contributed by atoms with E-state index >= 15 is 0 Å².